The summed E-state index contributed by atoms with van der Waals surface area (Å²) < 4.78 is 9.77. The van der Waals surface area contributed by atoms with Crippen molar-refractivity contribution in [3.8, 4) is 0 Å². The maximum Gasteiger partial charge on any atom is 0.303 e. The molecule has 0 saturated carbocycles. The fourth-order valence-corrected chi connectivity index (χ4v) is 1.60. The molecule has 0 aromatic heterocycles. The topological polar surface area (TPSA) is 119 Å². The van der Waals surface area contributed by atoms with Crippen molar-refractivity contribution in [2.24, 2.45) is 0 Å². The average Bonchev–Trinajstić information content (AvgIpc) is 2.29. The lowest BCUT2D eigenvalue weighted by atomic mass is 10.0. The Balaban J connectivity index is 5.33. The van der Waals surface area contributed by atoms with Gasteiger partial charge in [-0.3, -0.25) is 14.4 Å². The van der Waals surface area contributed by atoms with Crippen LogP contribution >= 0.6 is 0 Å². The highest BCUT2D eigenvalue weighted by Gasteiger charge is 2.38. The molecule has 0 radical (unpaired) electrons. The second-order valence-corrected chi connectivity index (χ2v) is 4.25. The van der Waals surface area contributed by atoms with Gasteiger partial charge in [-0.1, -0.05) is 0 Å². The number of hydrogen-bond donors (Lipinski definition) is 2. The predicted octanol–water partition coefficient (Wildman–Crippen LogP) is -1.07. The monoisotopic (exact) mass is 289 g/mol. The zero-order valence-electron chi connectivity index (χ0n) is 11.8. The smallest absolute Gasteiger partial charge is 0.303 e. The first-order valence-corrected chi connectivity index (χ1v) is 5.94. The molecule has 8 nitrogen and oxygen atoms in total. The van der Waals surface area contributed by atoms with Crippen molar-refractivity contribution < 1.29 is 33.8 Å². The van der Waals surface area contributed by atoms with Crippen LogP contribution in [0.5, 0.6) is 0 Å². The molecule has 0 heterocycles. The summed E-state index contributed by atoms with van der Waals surface area (Å²) in [5.41, 5.74) is 0. The van der Waals surface area contributed by atoms with Gasteiger partial charge >= 0.3 is 11.9 Å². The van der Waals surface area contributed by atoms with E-state index in [1.54, 1.807) is 0 Å². The fourth-order valence-electron chi connectivity index (χ4n) is 1.60. The summed E-state index contributed by atoms with van der Waals surface area (Å²) >= 11 is 0. The van der Waals surface area contributed by atoms with Gasteiger partial charge in [0.1, 0.15) is 12.3 Å². The van der Waals surface area contributed by atoms with Crippen LogP contribution in [0.2, 0.25) is 0 Å². The number of esters is 2. The molecule has 0 saturated heterocycles. The maximum atomic E-state index is 11.1. The van der Waals surface area contributed by atoms with Crippen LogP contribution in [0.25, 0.3) is 0 Å². The summed E-state index contributed by atoms with van der Waals surface area (Å²) in [5.74, 6) is -2.00. The van der Waals surface area contributed by atoms with Crippen molar-refractivity contribution in [1.29, 1.82) is 0 Å². The lowest BCUT2D eigenvalue weighted by Crippen LogP contribution is -2.55. The van der Waals surface area contributed by atoms with Crippen LogP contribution in [-0.2, 0) is 28.7 Å². The Bertz CT molecular complexity index is 380. The number of amides is 1. The van der Waals surface area contributed by atoms with E-state index in [4.69, 9.17) is 9.47 Å². The van der Waals surface area contributed by atoms with E-state index in [1.165, 1.54) is 13.8 Å². The largest absolute Gasteiger partial charge is 0.456 e. The van der Waals surface area contributed by atoms with Crippen LogP contribution < -0.4 is 5.32 Å². The van der Waals surface area contributed by atoms with Gasteiger partial charge in [-0.15, -0.1) is 0 Å². The molecule has 1 amide bonds. The van der Waals surface area contributed by atoms with E-state index in [0.29, 0.717) is 6.29 Å². The van der Waals surface area contributed by atoms with Crippen LogP contribution in [0, 0.1) is 0 Å². The van der Waals surface area contributed by atoms with Crippen molar-refractivity contribution in [3.63, 3.8) is 0 Å². The van der Waals surface area contributed by atoms with Crippen LogP contribution in [0.15, 0.2) is 0 Å². The van der Waals surface area contributed by atoms with E-state index in [-0.39, 0.29) is 0 Å². The second-order valence-electron chi connectivity index (χ2n) is 4.25. The van der Waals surface area contributed by atoms with Crippen molar-refractivity contribution in [1.82, 2.24) is 5.32 Å². The molecule has 0 aliphatic heterocycles. The zero-order valence-corrected chi connectivity index (χ0v) is 11.8. The number of ether oxygens (including phenoxy) is 2. The number of nitrogens with one attached hydrogen (secondary N) is 1. The minimum atomic E-state index is -1.32. The molecule has 0 spiro atoms. The van der Waals surface area contributed by atoms with Gasteiger partial charge in [-0.25, -0.2) is 0 Å². The standard InChI is InChI=1S/C12H19NO7/c1-6(15)11(19-8(3)17)12(20-9(4)18)10(5-14)13-7(2)16/h5-6,10-12,15H,1-4H3,(H,13,16)/t6-,10+,11+,12-/m0/s1. The van der Waals surface area contributed by atoms with Crippen LogP contribution in [0.4, 0.5) is 0 Å². The third kappa shape index (κ3) is 6.28. The molecular weight excluding hydrogens is 270 g/mol. The maximum absolute atomic E-state index is 11.1. The molecule has 0 fully saturated rings. The van der Waals surface area contributed by atoms with Gasteiger partial charge in [0, 0.05) is 20.8 Å². The van der Waals surface area contributed by atoms with Crippen LogP contribution in [-0.4, -0.2) is 53.6 Å². The Morgan fingerprint density at radius 3 is 1.80 bits per heavy atom. The van der Waals surface area contributed by atoms with Gasteiger partial charge in [0.25, 0.3) is 0 Å². The first-order chi connectivity index (χ1) is 9.18. The summed E-state index contributed by atoms with van der Waals surface area (Å²) in [7, 11) is 0. The van der Waals surface area contributed by atoms with E-state index in [2.05, 4.69) is 5.32 Å². The number of aliphatic hydroxyl groups excluding tert-OH is 1. The van der Waals surface area contributed by atoms with Crippen molar-refractivity contribution in [2.75, 3.05) is 0 Å². The number of hydrogen-bond acceptors (Lipinski definition) is 7. The van der Waals surface area contributed by atoms with Gasteiger partial charge in [-0.2, -0.15) is 0 Å². The molecule has 2 N–H and O–H groups in total. The highest BCUT2D eigenvalue weighted by molar-refractivity contribution is 5.78. The average molecular weight is 289 g/mol. The summed E-state index contributed by atoms with van der Waals surface area (Å²) in [6.45, 7) is 4.67. The number of carbonyl (C=O) groups excluding carboxylic acids is 4. The molecule has 0 bridgehead atoms. The van der Waals surface area contributed by atoms with Crippen molar-refractivity contribution in [3.05, 3.63) is 0 Å². The molecule has 0 aromatic carbocycles. The minimum absolute atomic E-state index is 0.341. The lowest BCUT2D eigenvalue weighted by molar-refractivity contribution is -0.177. The quantitative estimate of drug-likeness (QED) is 0.452. The molecule has 0 unspecified atom stereocenters. The van der Waals surface area contributed by atoms with E-state index < -0.39 is 42.2 Å². The molecule has 0 rings (SSSR count). The lowest BCUT2D eigenvalue weighted by Gasteiger charge is -2.31. The number of aldehydes is 1. The Morgan fingerprint density at radius 2 is 1.50 bits per heavy atom. The van der Waals surface area contributed by atoms with Gasteiger partial charge in [-0.05, 0) is 6.92 Å². The van der Waals surface area contributed by atoms with Crippen molar-refractivity contribution >= 4 is 24.1 Å². The molecule has 114 valence electrons. The summed E-state index contributed by atoms with van der Waals surface area (Å²) in [6.07, 6.45) is -3.47. The molecule has 8 heteroatoms. The van der Waals surface area contributed by atoms with Crippen LogP contribution in [0.3, 0.4) is 0 Å². The van der Waals surface area contributed by atoms with Gasteiger partial charge in [0.15, 0.2) is 12.2 Å². The molecule has 4 atom stereocenters. The van der Waals surface area contributed by atoms with Gasteiger partial charge < -0.3 is 24.7 Å². The highest BCUT2D eigenvalue weighted by Crippen LogP contribution is 2.14. The molecule has 0 aromatic rings. The third-order valence-electron chi connectivity index (χ3n) is 2.27. The third-order valence-corrected chi connectivity index (χ3v) is 2.27. The van der Waals surface area contributed by atoms with E-state index in [9.17, 15) is 24.3 Å². The van der Waals surface area contributed by atoms with E-state index in [1.807, 2.05) is 0 Å². The second kappa shape index (κ2) is 8.26. The highest BCUT2D eigenvalue weighted by atomic mass is 16.6. The Labute approximate surface area is 116 Å². The first kappa shape index (κ1) is 18.0. The number of carbonyl (C=O) groups is 4. The van der Waals surface area contributed by atoms with E-state index >= 15 is 0 Å². The van der Waals surface area contributed by atoms with Gasteiger partial charge in [0.2, 0.25) is 5.91 Å². The van der Waals surface area contributed by atoms with E-state index in [0.717, 1.165) is 13.8 Å². The number of aliphatic hydroxyl groups is 1. The van der Waals surface area contributed by atoms with Gasteiger partial charge in [0.05, 0.1) is 6.10 Å². The normalized spacial score (nSPS) is 16.2. The molecule has 0 aliphatic rings. The molecule has 20 heavy (non-hydrogen) atoms. The summed E-state index contributed by atoms with van der Waals surface area (Å²) in [4.78, 5) is 44.2. The first-order valence-electron chi connectivity index (χ1n) is 5.94. The van der Waals surface area contributed by atoms with Crippen LogP contribution in [0.1, 0.15) is 27.7 Å². The predicted molar refractivity (Wildman–Crippen MR) is 66.5 cm³/mol. The van der Waals surface area contributed by atoms with Crippen molar-refractivity contribution in [2.45, 2.75) is 52.0 Å². The summed E-state index contributed by atoms with van der Waals surface area (Å²) in [5, 5.41) is 11.9. The summed E-state index contributed by atoms with van der Waals surface area (Å²) in [6, 6.07) is -1.24. The minimum Gasteiger partial charge on any atom is -0.456 e. The molecule has 0 aliphatic carbocycles. The number of rotatable bonds is 7. The Hall–Kier alpha value is -1.96. The fraction of sp³-hybridized carbons (Fsp3) is 0.667. The molecular formula is C12H19NO7. The SMILES string of the molecule is CC(=O)N[C@H](C=O)[C@H](OC(C)=O)[C@H](OC(C)=O)[C@H](C)O. The Kier molecular flexibility index (Phi) is 7.45. The zero-order chi connectivity index (χ0) is 15.9. The Morgan fingerprint density at radius 1 is 1.05 bits per heavy atom.